The van der Waals surface area contributed by atoms with E-state index in [9.17, 15) is 29.1 Å². The van der Waals surface area contributed by atoms with E-state index in [0.29, 0.717) is 12.2 Å². The Morgan fingerprint density at radius 3 is 2.30 bits per heavy atom. The van der Waals surface area contributed by atoms with Crippen LogP contribution in [-0.2, 0) is 30.4 Å². The van der Waals surface area contributed by atoms with Crippen molar-refractivity contribution in [3.05, 3.63) is 36.0 Å². The Labute approximate surface area is 237 Å². The van der Waals surface area contributed by atoms with Gasteiger partial charge in [-0.15, -0.1) is 0 Å². The maximum Gasteiger partial charge on any atom is 0.326 e. The van der Waals surface area contributed by atoms with Crippen molar-refractivity contribution in [2.75, 3.05) is 12.0 Å². The highest BCUT2D eigenvalue weighted by atomic mass is 32.2. The van der Waals surface area contributed by atoms with E-state index < -0.39 is 53.8 Å². The molecule has 1 heterocycles. The van der Waals surface area contributed by atoms with Crippen LogP contribution in [0.3, 0.4) is 0 Å². The fourth-order valence-electron chi connectivity index (χ4n) is 4.15. The number of para-hydroxylation sites is 1. The number of hydrogen-bond acceptors (Lipinski definition) is 7. The molecular weight excluding hydrogens is 536 g/mol. The molecule has 0 aliphatic heterocycles. The third-order valence-electron chi connectivity index (χ3n) is 6.79. The van der Waals surface area contributed by atoms with Crippen molar-refractivity contribution in [1.29, 1.82) is 0 Å². The highest BCUT2D eigenvalue weighted by Gasteiger charge is 2.33. The van der Waals surface area contributed by atoms with Crippen molar-refractivity contribution < 1.29 is 29.1 Å². The number of thioether (sulfide) groups is 1. The monoisotopic (exact) mass is 576 g/mol. The Kier molecular flexibility index (Phi) is 12.9. The molecule has 220 valence electrons. The zero-order valence-electron chi connectivity index (χ0n) is 23.1. The number of rotatable bonds is 17. The topological polar surface area (TPSA) is 209 Å². The highest BCUT2D eigenvalue weighted by Crippen LogP contribution is 2.20. The molecule has 2 aromatic rings. The number of benzene rings is 1. The highest BCUT2D eigenvalue weighted by molar-refractivity contribution is 7.98. The minimum atomic E-state index is -1.16. The summed E-state index contributed by atoms with van der Waals surface area (Å²) >= 11 is 1.46. The molecule has 13 heteroatoms. The molecule has 1 aromatic carbocycles. The lowest BCUT2D eigenvalue weighted by Gasteiger charge is -2.28. The van der Waals surface area contributed by atoms with Crippen molar-refractivity contribution in [2.45, 2.75) is 70.1 Å². The van der Waals surface area contributed by atoms with Crippen LogP contribution in [-0.4, -0.2) is 75.9 Å². The van der Waals surface area contributed by atoms with E-state index >= 15 is 0 Å². The van der Waals surface area contributed by atoms with E-state index in [0.717, 1.165) is 16.5 Å². The summed E-state index contributed by atoms with van der Waals surface area (Å²) in [6.45, 7) is 3.62. The first-order chi connectivity index (χ1) is 19.0. The van der Waals surface area contributed by atoms with Crippen LogP contribution < -0.4 is 27.4 Å². The second-order valence-electron chi connectivity index (χ2n) is 9.79. The van der Waals surface area contributed by atoms with Gasteiger partial charge in [0.15, 0.2) is 0 Å². The van der Waals surface area contributed by atoms with Crippen molar-refractivity contribution in [2.24, 2.45) is 17.4 Å². The Morgan fingerprint density at radius 2 is 1.68 bits per heavy atom. The molecule has 12 nitrogen and oxygen atoms in total. The summed E-state index contributed by atoms with van der Waals surface area (Å²) in [6, 6.07) is 3.15. The summed E-state index contributed by atoms with van der Waals surface area (Å²) in [5.74, 6) is -3.45. The second-order valence-corrected chi connectivity index (χ2v) is 10.8. The number of hydrogen-bond donors (Lipinski definition) is 7. The number of nitrogens with one attached hydrogen (secondary N) is 4. The van der Waals surface area contributed by atoms with Gasteiger partial charge < -0.3 is 37.5 Å². The number of aromatic amines is 1. The molecule has 0 saturated heterocycles. The maximum absolute atomic E-state index is 13.6. The predicted molar refractivity (Wildman–Crippen MR) is 154 cm³/mol. The van der Waals surface area contributed by atoms with Crippen LogP contribution in [0, 0.1) is 5.92 Å². The molecule has 5 atom stereocenters. The number of amides is 4. The zero-order chi connectivity index (χ0) is 29.8. The summed E-state index contributed by atoms with van der Waals surface area (Å²) in [4.78, 5) is 65.6. The molecular formula is C27H40N6O6S. The number of carboxylic acids is 1. The van der Waals surface area contributed by atoms with Gasteiger partial charge in [0.25, 0.3) is 0 Å². The molecule has 5 unspecified atom stereocenters. The Hall–Kier alpha value is -3.58. The molecule has 1 aromatic heterocycles. The molecule has 40 heavy (non-hydrogen) atoms. The van der Waals surface area contributed by atoms with Crippen LogP contribution in [0.2, 0.25) is 0 Å². The summed E-state index contributed by atoms with van der Waals surface area (Å²) < 4.78 is 0. The molecule has 0 aliphatic carbocycles. The van der Waals surface area contributed by atoms with Crippen LogP contribution in [0.15, 0.2) is 30.5 Å². The first-order valence-corrected chi connectivity index (χ1v) is 14.6. The number of aliphatic carboxylic acids is 1. The van der Waals surface area contributed by atoms with Gasteiger partial charge in [-0.3, -0.25) is 19.2 Å². The molecule has 0 spiro atoms. The third-order valence-corrected chi connectivity index (χ3v) is 7.43. The second kappa shape index (κ2) is 15.9. The van der Waals surface area contributed by atoms with Gasteiger partial charge in [-0.25, -0.2) is 4.79 Å². The Bertz CT molecular complexity index is 1190. The predicted octanol–water partition coefficient (Wildman–Crippen LogP) is 0.641. The van der Waals surface area contributed by atoms with E-state index in [4.69, 9.17) is 11.5 Å². The number of aromatic nitrogens is 1. The quantitative estimate of drug-likeness (QED) is 0.142. The fraction of sp³-hybridized carbons (Fsp3) is 0.519. The van der Waals surface area contributed by atoms with Gasteiger partial charge in [0.2, 0.25) is 23.6 Å². The van der Waals surface area contributed by atoms with Gasteiger partial charge in [-0.2, -0.15) is 11.8 Å². The lowest BCUT2D eigenvalue weighted by atomic mass is 9.96. The van der Waals surface area contributed by atoms with Gasteiger partial charge in [-0.1, -0.05) is 38.5 Å². The summed E-state index contributed by atoms with van der Waals surface area (Å²) in [7, 11) is 0. The number of fused-ring (bicyclic) bond motifs is 1. The number of nitrogens with two attached hydrogens (primary N) is 2. The van der Waals surface area contributed by atoms with Gasteiger partial charge in [-0.05, 0) is 42.4 Å². The average molecular weight is 577 g/mol. The van der Waals surface area contributed by atoms with E-state index in [-0.39, 0.29) is 31.6 Å². The average Bonchev–Trinajstić information content (AvgIpc) is 3.33. The number of H-pyrrole nitrogens is 1. The van der Waals surface area contributed by atoms with Crippen LogP contribution >= 0.6 is 11.8 Å². The molecule has 0 aliphatic rings. The van der Waals surface area contributed by atoms with Crippen LogP contribution in [0.4, 0.5) is 0 Å². The fourth-order valence-corrected chi connectivity index (χ4v) is 4.62. The lowest BCUT2D eigenvalue weighted by molar-refractivity contribution is -0.142. The van der Waals surface area contributed by atoms with Gasteiger partial charge >= 0.3 is 5.97 Å². The smallest absolute Gasteiger partial charge is 0.326 e. The number of primary amides is 1. The largest absolute Gasteiger partial charge is 0.480 e. The SMILES string of the molecule is CCC(C)C(NC(=O)C(Cc1c[nH]c2ccccc12)NC(=O)C(N)CCC(N)=O)C(=O)NC(CCSC)C(=O)O. The van der Waals surface area contributed by atoms with Gasteiger partial charge in [0, 0.05) is 29.9 Å². The number of carboxylic acid groups (broad SMARTS) is 1. The molecule has 0 bridgehead atoms. The lowest BCUT2D eigenvalue weighted by Crippen LogP contribution is -2.59. The first-order valence-electron chi connectivity index (χ1n) is 13.2. The van der Waals surface area contributed by atoms with Gasteiger partial charge in [0.05, 0.1) is 6.04 Å². The van der Waals surface area contributed by atoms with Crippen molar-refractivity contribution in [1.82, 2.24) is 20.9 Å². The Balaban J connectivity index is 2.30. The molecule has 0 fully saturated rings. The van der Waals surface area contributed by atoms with Crippen molar-refractivity contribution in [3.8, 4) is 0 Å². The van der Waals surface area contributed by atoms with Crippen LogP contribution in [0.25, 0.3) is 10.9 Å². The van der Waals surface area contributed by atoms with Crippen molar-refractivity contribution in [3.63, 3.8) is 0 Å². The maximum atomic E-state index is 13.6. The molecule has 0 radical (unpaired) electrons. The summed E-state index contributed by atoms with van der Waals surface area (Å²) in [5.41, 5.74) is 12.7. The van der Waals surface area contributed by atoms with E-state index in [1.54, 1.807) is 13.1 Å². The summed E-state index contributed by atoms with van der Waals surface area (Å²) in [5, 5.41) is 18.4. The van der Waals surface area contributed by atoms with E-state index in [1.165, 1.54) is 11.8 Å². The minimum absolute atomic E-state index is 0.00706. The minimum Gasteiger partial charge on any atom is -0.480 e. The number of carbonyl (C=O) groups is 5. The molecule has 4 amide bonds. The molecule has 0 saturated carbocycles. The van der Waals surface area contributed by atoms with E-state index in [2.05, 4.69) is 20.9 Å². The first kappa shape index (κ1) is 32.6. The normalized spacial score (nSPS) is 14.9. The summed E-state index contributed by atoms with van der Waals surface area (Å²) in [6.07, 6.45) is 4.34. The zero-order valence-corrected chi connectivity index (χ0v) is 23.9. The molecule has 2 rings (SSSR count). The van der Waals surface area contributed by atoms with E-state index in [1.807, 2.05) is 37.4 Å². The van der Waals surface area contributed by atoms with Gasteiger partial charge in [0.1, 0.15) is 18.1 Å². The standard InChI is InChI=1S/C27H40N6O6S/c1-4-15(2)23(26(37)31-20(27(38)39)11-12-40-3)33-25(36)21(32-24(35)18(28)9-10-22(29)34)13-16-14-30-19-8-6-5-7-17(16)19/h5-8,14-15,18,20-21,23,30H,4,9-13,28H2,1-3H3,(H2,29,34)(H,31,37)(H,32,35)(H,33,36)(H,38,39). The molecule has 9 N–H and O–H groups in total. The Morgan fingerprint density at radius 1 is 1.00 bits per heavy atom. The van der Waals surface area contributed by atoms with Crippen LogP contribution in [0.5, 0.6) is 0 Å². The van der Waals surface area contributed by atoms with Crippen LogP contribution in [0.1, 0.15) is 45.1 Å². The third kappa shape index (κ3) is 9.56. The number of carbonyl (C=O) groups excluding carboxylic acids is 4. The van der Waals surface area contributed by atoms with Crippen molar-refractivity contribution >= 4 is 52.3 Å².